The van der Waals surface area contributed by atoms with E-state index in [1.807, 2.05) is 31.2 Å². The Morgan fingerprint density at radius 2 is 1.89 bits per heavy atom. The van der Waals surface area contributed by atoms with Crippen molar-refractivity contribution in [3.05, 3.63) is 71.8 Å². The molecule has 1 amide bonds. The number of hydrogen-bond acceptors (Lipinski definition) is 5. The number of anilines is 1. The predicted octanol–water partition coefficient (Wildman–Crippen LogP) is 4.76. The lowest BCUT2D eigenvalue weighted by Crippen LogP contribution is -2.14. The molecule has 0 unspecified atom stereocenters. The summed E-state index contributed by atoms with van der Waals surface area (Å²) in [5.41, 5.74) is 1.91. The zero-order valence-electron chi connectivity index (χ0n) is 14.9. The highest BCUT2D eigenvalue weighted by Gasteiger charge is 2.12. The van der Waals surface area contributed by atoms with Crippen LogP contribution in [0.3, 0.4) is 0 Å². The highest BCUT2D eigenvalue weighted by molar-refractivity contribution is 8.00. The summed E-state index contributed by atoms with van der Waals surface area (Å²) in [6.07, 6.45) is 3.08. The third kappa shape index (κ3) is 5.04. The lowest BCUT2D eigenvalue weighted by Gasteiger charge is -2.10. The van der Waals surface area contributed by atoms with Crippen molar-refractivity contribution in [2.75, 3.05) is 11.1 Å². The van der Waals surface area contributed by atoms with Crippen molar-refractivity contribution < 1.29 is 13.9 Å². The highest BCUT2D eigenvalue weighted by atomic mass is 32.2. The second-order valence-corrected chi connectivity index (χ2v) is 6.80. The number of para-hydroxylation sites is 1. The second-order valence-electron chi connectivity index (χ2n) is 5.84. The fourth-order valence-electron chi connectivity index (χ4n) is 2.26. The molecule has 0 fully saturated rings. The minimum atomic E-state index is -0.358. The van der Waals surface area contributed by atoms with E-state index in [1.165, 1.54) is 24.0 Å². The van der Waals surface area contributed by atoms with Crippen molar-refractivity contribution in [2.24, 2.45) is 0 Å². The van der Waals surface area contributed by atoms with E-state index < -0.39 is 0 Å². The molecule has 0 aliphatic rings. The summed E-state index contributed by atoms with van der Waals surface area (Å²) in [5, 5.41) is 3.18. The van der Waals surface area contributed by atoms with Crippen LogP contribution < -0.4 is 10.1 Å². The zero-order valence-corrected chi connectivity index (χ0v) is 15.7. The van der Waals surface area contributed by atoms with Crippen molar-refractivity contribution in [2.45, 2.75) is 18.9 Å². The Labute approximate surface area is 161 Å². The maximum atomic E-state index is 13.6. The number of amides is 1. The van der Waals surface area contributed by atoms with E-state index in [1.54, 1.807) is 25.3 Å². The number of benzene rings is 2. The molecule has 1 N–H and O–H groups in total. The predicted molar refractivity (Wildman–Crippen MR) is 104 cm³/mol. The topological polar surface area (TPSA) is 64.1 Å². The van der Waals surface area contributed by atoms with Gasteiger partial charge in [-0.3, -0.25) is 4.79 Å². The molecule has 138 valence electrons. The number of hydrogen-bond donors (Lipinski definition) is 1. The third-order valence-corrected chi connectivity index (χ3v) is 4.69. The van der Waals surface area contributed by atoms with Gasteiger partial charge in [-0.1, -0.05) is 36.0 Å². The summed E-state index contributed by atoms with van der Waals surface area (Å²) < 4.78 is 19.4. The van der Waals surface area contributed by atoms with Gasteiger partial charge < -0.3 is 10.1 Å². The zero-order chi connectivity index (χ0) is 19.2. The molecule has 7 heteroatoms. The lowest BCUT2D eigenvalue weighted by molar-refractivity contribution is -0.113. The Morgan fingerprint density at radius 1 is 1.11 bits per heavy atom. The normalized spacial score (nSPS) is 10.5. The van der Waals surface area contributed by atoms with Crippen LogP contribution in [-0.2, 0) is 4.79 Å². The molecule has 0 aliphatic heterocycles. The van der Waals surface area contributed by atoms with Crippen molar-refractivity contribution in [1.29, 1.82) is 0 Å². The number of carbonyl (C=O) groups excluding carboxylic acids is 1. The summed E-state index contributed by atoms with van der Waals surface area (Å²) in [4.78, 5) is 20.6. The number of nitrogens with zero attached hydrogens (tertiary/aromatic N) is 2. The van der Waals surface area contributed by atoms with Crippen LogP contribution in [0.5, 0.6) is 11.6 Å². The van der Waals surface area contributed by atoms with Crippen LogP contribution in [0.2, 0.25) is 0 Å². The number of aromatic nitrogens is 2. The molecule has 0 atom stereocenters. The quantitative estimate of drug-likeness (QED) is 0.622. The number of ether oxygens (including phenoxy) is 1. The van der Waals surface area contributed by atoms with Gasteiger partial charge >= 0.3 is 0 Å². The molecule has 3 aromatic rings. The molecule has 0 saturated heterocycles. The van der Waals surface area contributed by atoms with Crippen molar-refractivity contribution in [3.8, 4) is 11.6 Å². The molecule has 0 radical (unpaired) electrons. The molecule has 0 saturated carbocycles. The van der Waals surface area contributed by atoms with Crippen LogP contribution in [0, 0.1) is 19.7 Å². The van der Waals surface area contributed by atoms with Crippen LogP contribution in [0.25, 0.3) is 0 Å². The summed E-state index contributed by atoms with van der Waals surface area (Å²) in [6, 6.07) is 12.2. The first-order valence-corrected chi connectivity index (χ1v) is 9.25. The fraction of sp³-hybridized carbons (Fsp3) is 0.150. The van der Waals surface area contributed by atoms with Gasteiger partial charge in [0.2, 0.25) is 5.91 Å². The number of halogens is 1. The van der Waals surface area contributed by atoms with Crippen LogP contribution in [0.4, 0.5) is 10.1 Å². The minimum absolute atomic E-state index is 0.0956. The van der Waals surface area contributed by atoms with E-state index in [2.05, 4.69) is 15.3 Å². The molecule has 2 aromatic carbocycles. The van der Waals surface area contributed by atoms with E-state index in [9.17, 15) is 9.18 Å². The van der Waals surface area contributed by atoms with Gasteiger partial charge in [0.15, 0.2) is 5.03 Å². The summed E-state index contributed by atoms with van der Waals surface area (Å²) in [6.45, 7) is 3.60. The van der Waals surface area contributed by atoms with Crippen molar-refractivity contribution >= 4 is 23.4 Å². The van der Waals surface area contributed by atoms with Crippen LogP contribution in [-0.4, -0.2) is 21.6 Å². The fourth-order valence-corrected chi connectivity index (χ4v) is 2.95. The van der Waals surface area contributed by atoms with Crippen LogP contribution >= 0.6 is 11.8 Å². The Kier molecular flexibility index (Phi) is 6.03. The maximum Gasteiger partial charge on any atom is 0.252 e. The van der Waals surface area contributed by atoms with E-state index in [4.69, 9.17) is 4.74 Å². The van der Waals surface area contributed by atoms with Gasteiger partial charge in [-0.2, -0.15) is 0 Å². The van der Waals surface area contributed by atoms with E-state index in [0.29, 0.717) is 27.9 Å². The molecule has 3 rings (SSSR count). The van der Waals surface area contributed by atoms with E-state index >= 15 is 0 Å². The van der Waals surface area contributed by atoms with Crippen LogP contribution in [0.1, 0.15) is 11.1 Å². The number of nitrogens with one attached hydrogen (secondary N) is 1. The largest absolute Gasteiger partial charge is 0.436 e. The molecule has 5 nitrogen and oxygen atoms in total. The average Bonchev–Trinajstić information content (AvgIpc) is 2.66. The van der Waals surface area contributed by atoms with Gasteiger partial charge in [-0.05, 0) is 43.2 Å². The van der Waals surface area contributed by atoms with E-state index in [-0.39, 0.29) is 17.5 Å². The molecular weight excluding hydrogens is 365 g/mol. The first-order chi connectivity index (χ1) is 13.0. The van der Waals surface area contributed by atoms with Gasteiger partial charge in [-0.25, -0.2) is 14.4 Å². The molecule has 0 spiro atoms. The van der Waals surface area contributed by atoms with Crippen LogP contribution in [0.15, 0.2) is 59.9 Å². The number of rotatable bonds is 6. The molecule has 1 heterocycles. The smallest absolute Gasteiger partial charge is 0.252 e. The highest BCUT2D eigenvalue weighted by Crippen LogP contribution is 2.30. The van der Waals surface area contributed by atoms with Gasteiger partial charge in [0.25, 0.3) is 5.88 Å². The standard InChI is InChI=1S/C20H18FN3O2S/c1-13-7-8-15(11-16(13)21)24-18(25)12-27-20-19(22-9-10-23-20)26-17-6-4-3-5-14(17)2/h3-11H,12H2,1-2H3,(H,24,25). The monoisotopic (exact) mass is 383 g/mol. The first kappa shape index (κ1) is 18.8. The average molecular weight is 383 g/mol. The SMILES string of the molecule is Cc1ccc(NC(=O)CSc2nccnc2Oc2ccccc2C)cc1F. The summed E-state index contributed by atoms with van der Waals surface area (Å²) in [7, 11) is 0. The summed E-state index contributed by atoms with van der Waals surface area (Å²) >= 11 is 1.20. The minimum Gasteiger partial charge on any atom is -0.436 e. The molecule has 0 bridgehead atoms. The molecule has 1 aromatic heterocycles. The number of carbonyl (C=O) groups is 1. The number of aryl methyl sites for hydroxylation is 2. The van der Waals surface area contributed by atoms with Gasteiger partial charge in [-0.15, -0.1) is 0 Å². The molecular formula is C20H18FN3O2S. The third-order valence-electron chi connectivity index (χ3n) is 3.73. The van der Waals surface area contributed by atoms with Gasteiger partial charge in [0, 0.05) is 18.1 Å². The lowest BCUT2D eigenvalue weighted by atomic mass is 10.2. The Bertz CT molecular complexity index is 965. The molecule has 0 aliphatic carbocycles. The van der Waals surface area contributed by atoms with Crippen molar-refractivity contribution in [1.82, 2.24) is 9.97 Å². The van der Waals surface area contributed by atoms with E-state index in [0.717, 1.165) is 5.56 Å². The van der Waals surface area contributed by atoms with Gasteiger partial charge in [0.05, 0.1) is 5.75 Å². The first-order valence-electron chi connectivity index (χ1n) is 8.26. The Morgan fingerprint density at radius 3 is 2.67 bits per heavy atom. The number of thioether (sulfide) groups is 1. The maximum absolute atomic E-state index is 13.6. The van der Waals surface area contributed by atoms with Gasteiger partial charge in [0.1, 0.15) is 11.6 Å². The second kappa shape index (κ2) is 8.64. The Hall–Kier alpha value is -2.93. The van der Waals surface area contributed by atoms with Crippen molar-refractivity contribution in [3.63, 3.8) is 0 Å². The summed E-state index contributed by atoms with van der Waals surface area (Å²) in [5.74, 6) is 0.489. The molecule has 27 heavy (non-hydrogen) atoms. The Balaban J connectivity index is 1.65.